The van der Waals surface area contributed by atoms with Crippen molar-refractivity contribution in [3.63, 3.8) is 0 Å². The third kappa shape index (κ3) is 2.74. The van der Waals surface area contributed by atoms with Crippen molar-refractivity contribution < 1.29 is 13.2 Å². The molecule has 2 aromatic rings. The lowest BCUT2D eigenvalue weighted by atomic mass is 10.0. The maximum Gasteiger partial charge on any atom is 0.416 e. The van der Waals surface area contributed by atoms with Crippen molar-refractivity contribution in [1.82, 2.24) is 0 Å². The normalized spacial score (nSPS) is 11.2. The Morgan fingerprint density at radius 3 is 2.33 bits per heavy atom. The fraction of sp³-hybridized carbons (Fsp3) is 0.143. The molecule has 0 unspecified atom stereocenters. The number of terminal acetylenes is 1. The molecule has 0 aliphatic heterocycles. The third-order valence-corrected chi connectivity index (χ3v) is 3.44. The molecule has 0 saturated heterocycles. The Kier molecular flexibility index (Phi) is 3.44. The fourth-order valence-corrected chi connectivity index (χ4v) is 2.36. The highest BCUT2D eigenvalue weighted by Gasteiger charge is 2.29. The minimum absolute atomic E-state index is 0.557. The van der Waals surface area contributed by atoms with Gasteiger partial charge in [0, 0.05) is 0 Å². The molecule has 0 nitrogen and oxygen atoms in total. The molecule has 0 spiro atoms. The van der Waals surface area contributed by atoms with Crippen LogP contribution >= 0.6 is 11.3 Å². The summed E-state index contributed by atoms with van der Waals surface area (Å²) >= 11 is 1.46. The topological polar surface area (TPSA) is 0 Å². The zero-order valence-electron chi connectivity index (χ0n) is 9.29. The number of hydrogen-bond donors (Lipinski definition) is 0. The second kappa shape index (κ2) is 4.87. The molecular weight excluding hydrogens is 257 g/mol. The molecule has 92 valence electrons. The SMILES string of the molecule is C#Cc1sccc1Cc1ccc(C(F)(F)F)cc1. The average molecular weight is 266 g/mol. The van der Waals surface area contributed by atoms with E-state index < -0.39 is 11.7 Å². The average Bonchev–Trinajstić information content (AvgIpc) is 2.76. The Bertz CT molecular complexity index is 570. The van der Waals surface area contributed by atoms with E-state index in [1.807, 2.05) is 11.4 Å². The van der Waals surface area contributed by atoms with Gasteiger partial charge in [-0.3, -0.25) is 0 Å². The van der Waals surface area contributed by atoms with Gasteiger partial charge in [-0.05, 0) is 41.1 Å². The van der Waals surface area contributed by atoms with Gasteiger partial charge in [-0.1, -0.05) is 18.1 Å². The van der Waals surface area contributed by atoms with Crippen molar-refractivity contribution in [3.8, 4) is 12.3 Å². The first-order valence-electron chi connectivity index (χ1n) is 5.20. The molecule has 0 fully saturated rings. The van der Waals surface area contributed by atoms with Gasteiger partial charge in [0.2, 0.25) is 0 Å². The van der Waals surface area contributed by atoms with Crippen LogP contribution in [0.3, 0.4) is 0 Å². The molecule has 1 aromatic heterocycles. The maximum absolute atomic E-state index is 12.4. The first-order chi connectivity index (χ1) is 8.50. The van der Waals surface area contributed by atoms with Crippen molar-refractivity contribution in [1.29, 1.82) is 0 Å². The van der Waals surface area contributed by atoms with Gasteiger partial charge in [-0.15, -0.1) is 17.8 Å². The Balaban J connectivity index is 2.19. The molecule has 1 heterocycles. The summed E-state index contributed by atoms with van der Waals surface area (Å²) in [5.41, 5.74) is 1.16. The molecule has 0 saturated carbocycles. The van der Waals surface area contributed by atoms with Crippen LogP contribution in [0.25, 0.3) is 0 Å². The van der Waals surface area contributed by atoms with Gasteiger partial charge < -0.3 is 0 Å². The smallest absolute Gasteiger partial charge is 0.166 e. The lowest BCUT2D eigenvalue weighted by Crippen LogP contribution is -2.04. The van der Waals surface area contributed by atoms with Gasteiger partial charge in [0.05, 0.1) is 10.4 Å². The van der Waals surface area contributed by atoms with E-state index in [1.54, 1.807) is 0 Å². The minimum atomic E-state index is -4.29. The summed E-state index contributed by atoms with van der Waals surface area (Å²) in [6.45, 7) is 0. The second-order valence-corrected chi connectivity index (χ2v) is 4.71. The summed E-state index contributed by atoms with van der Waals surface area (Å²) in [6.07, 6.45) is 1.61. The number of hydrogen-bond acceptors (Lipinski definition) is 1. The summed E-state index contributed by atoms with van der Waals surface area (Å²) in [4.78, 5) is 0.829. The van der Waals surface area contributed by atoms with Gasteiger partial charge in [0.1, 0.15) is 0 Å². The zero-order chi connectivity index (χ0) is 13.2. The van der Waals surface area contributed by atoms with Crippen LogP contribution < -0.4 is 0 Å². The van der Waals surface area contributed by atoms with Crippen LogP contribution in [0.2, 0.25) is 0 Å². The number of benzene rings is 1. The summed E-state index contributed by atoms with van der Waals surface area (Å²) < 4.78 is 37.2. The third-order valence-electron chi connectivity index (χ3n) is 2.55. The van der Waals surface area contributed by atoms with Crippen molar-refractivity contribution in [3.05, 3.63) is 57.3 Å². The first kappa shape index (κ1) is 12.7. The Labute approximate surface area is 107 Å². The molecule has 18 heavy (non-hydrogen) atoms. The van der Waals surface area contributed by atoms with Crippen LogP contribution in [0.1, 0.15) is 21.6 Å². The van der Waals surface area contributed by atoms with E-state index >= 15 is 0 Å². The Hall–Kier alpha value is -1.73. The molecule has 0 bridgehead atoms. The van der Waals surface area contributed by atoms with Gasteiger partial charge in [0.15, 0.2) is 0 Å². The van der Waals surface area contributed by atoms with E-state index in [0.717, 1.165) is 28.1 Å². The van der Waals surface area contributed by atoms with Crippen LogP contribution in [0.15, 0.2) is 35.7 Å². The van der Waals surface area contributed by atoms with Gasteiger partial charge in [-0.2, -0.15) is 13.2 Å². The fourth-order valence-electron chi connectivity index (χ4n) is 1.63. The van der Waals surface area contributed by atoms with Crippen LogP contribution in [0, 0.1) is 12.3 Å². The summed E-state index contributed by atoms with van der Waals surface area (Å²) in [7, 11) is 0. The summed E-state index contributed by atoms with van der Waals surface area (Å²) in [5, 5.41) is 1.88. The highest BCUT2D eigenvalue weighted by molar-refractivity contribution is 7.10. The Morgan fingerprint density at radius 2 is 1.78 bits per heavy atom. The van der Waals surface area contributed by atoms with Crippen molar-refractivity contribution in [2.45, 2.75) is 12.6 Å². The standard InChI is InChI=1S/C14H9F3S/c1-2-13-11(7-8-18-13)9-10-3-5-12(6-4-10)14(15,16)17/h1,3-8H,9H2. The highest BCUT2D eigenvalue weighted by Crippen LogP contribution is 2.29. The number of thiophene rings is 1. The summed E-state index contributed by atoms with van der Waals surface area (Å²) in [5.74, 6) is 2.57. The molecule has 0 N–H and O–H groups in total. The van der Waals surface area contributed by atoms with E-state index in [4.69, 9.17) is 6.42 Å². The Morgan fingerprint density at radius 1 is 1.11 bits per heavy atom. The van der Waals surface area contributed by atoms with E-state index in [2.05, 4.69) is 5.92 Å². The first-order valence-corrected chi connectivity index (χ1v) is 6.08. The van der Waals surface area contributed by atoms with E-state index in [-0.39, 0.29) is 0 Å². The van der Waals surface area contributed by atoms with E-state index in [1.165, 1.54) is 23.5 Å². The van der Waals surface area contributed by atoms with Crippen LogP contribution in [-0.4, -0.2) is 0 Å². The molecule has 1 aromatic carbocycles. The lowest BCUT2D eigenvalue weighted by molar-refractivity contribution is -0.137. The molecule has 0 aliphatic rings. The molecular formula is C14H9F3S. The molecule has 0 amide bonds. The van der Waals surface area contributed by atoms with E-state index in [0.29, 0.717) is 6.42 Å². The molecule has 0 atom stereocenters. The predicted octanol–water partition coefficient (Wildman–Crippen LogP) is 4.34. The highest BCUT2D eigenvalue weighted by atomic mass is 32.1. The van der Waals surface area contributed by atoms with Gasteiger partial charge in [0.25, 0.3) is 0 Å². The number of alkyl halides is 3. The quantitative estimate of drug-likeness (QED) is 0.709. The van der Waals surface area contributed by atoms with Crippen molar-refractivity contribution in [2.24, 2.45) is 0 Å². The van der Waals surface area contributed by atoms with Crippen molar-refractivity contribution in [2.75, 3.05) is 0 Å². The molecule has 4 heteroatoms. The van der Waals surface area contributed by atoms with Crippen LogP contribution in [0.5, 0.6) is 0 Å². The van der Waals surface area contributed by atoms with Crippen LogP contribution in [0.4, 0.5) is 13.2 Å². The molecule has 2 rings (SSSR count). The number of rotatable bonds is 2. The second-order valence-electron chi connectivity index (χ2n) is 3.79. The largest absolute Gasteiger partial charge is 0.416 e. The monoisotopic (exact) mass is 266 g/mol. The van der Waals surface area contributed by atoms with Gasteiger partial charge >= 0.3 is 6.18 Å². The van der Waals surface area contributed by atoms with Crippen LogP contribution in [-0.2, 0) is 12.6 Å². The molecule has 0 aliphatic carbocycles. The summed E-state index contributed by atoms with van der Waals surface area (Å²) in [6, 6.07) is 7.06. The predicted molar refractivity (Wildman–Crippen MR) is 66.5 cm³/mol. The number of halogens is 3. The zero-order valence-corrected chi connectivity index (χ0v) is 10.1. The minimum Gasteiger partial charge on any atom is -0.166 e. The van der Waals surface area contributed by atoms with E-state index in [9.17, 15) is 13.2 Å². The maximum atomic E-state index is 12.4. The lowest BCUT2D eigenvalue weighted by Gasteiger charge is -2.07. The van der Waals surface area contributed by atoms with Crippen molar-refractivity contribution >= 4 is 11.3 Å². The van der Waals surface area contributed by atoms with Gasteiger partial charge in [-0.25, -0.2) is 0 Å². The molecule has 0 radical (unpaired) electrons.